The minimum absolute atomic E-state index is 0.000901. The summed E-state index contributed by atoms with van der Waals surface area (Å²) < 4.78 is 5.63. The molecule has 0 atom stereocenters. The molecule has 3 fully saturated rings. The van der Waals surface area contributed by atoms with Crippen LogP contribution in [0.4, 0.5) is 0 Å². The van der Waals surface area contributed by atoms with Crippen LogP contribution >= 0.6 is 23.2 Å². The van der Waals surface area contributed by atoms with Gasteiger partial charge in [-0.25, -0.2) is 0 Å². The molecule has 0 amide bonds. The summed E-state index contributed by atoms with van der Waals surface area (Å²) in [6.07, 6.45) is 3.84. The number of nitrogens with zero attached hydrogens (tertiary/aromatic N) is 1. The predicted octanol–water partition coefficient (Wildman–Crippen LogP) is 4.42. The molecule has 0 saturated carbocycles. The molecule has 3 heterocycles. The number of piperidine rings is 3. The van der Waals surface area contributed by atoms with E-state index in [1.54, 1.807) is 12.1 Å². The first-order chi connectivity index (χ1) is 10.5. The first-order valence-corrected chi connectivity index (χ1v) is 8.38. The number of carbonyl (C=O) groups excluding carboxylic acids is 1. The summed E-state index contributed by atoms with van der Waals surface area (Å²) in [6.45, 7) is 5.76. The van der Waals surface area contributed by atoms with Crippen LogP contribution in [0.25, 0.3) is 6.08 Å². The first kappa shape index (κ1) is 15.7. The van der Waals surface area contributed by atoms with Crippen LogP contribution in [0, 0.1) is 5.92 Å². The number of allylic oxidation sites excluding steroid dienone is 1. The van der Waals surface area contributed by atoms with Crippen molar-refractivity contribution < 1.29 is 9.53 Å². The van der Waals surface area contributed by atoms with E-state index >= 15 is 0 Å². The van der Waals surface area contributed by atoms with Crippen molar-refractivity contribution in [2.24, 2.45) is 5.92 Å². The maximum Gasteiger partial charge on any atom is 0.182 e. The van der Waals surface area contributed by atoms with Gasteiger partial charge in [-0.05, 0) is 50.5 Å². The number of halogens is 2. The van der Waals surface area contributed by atoms with Gasteiger partial charge in [-0.1, -0.05) is 23.2 Å². The second-order valence-electron chi connectivity index (χ2n) is 6.14. The number of hydrogen-bond donors (Lipinski definition) is 0. The Morgan fingerprint density at radius 1 is 1.23 bits per heavy atom. The molecule has 3 aliphatic rings. The number of rotatable bonds is 3. The van der Waals surface area contributed by atoms with Gasteiger partial charge in [0.25, 0.3) is 0 Å². The van der Waals surface area contributed by atoms with Crippen molar-refractivity contribution in [3.63, 3.8) is 0 Å². The van der Waals surface area contributed by atoms with Crippen LogP contribution < -0.4 is 4.74 Å². The lowest BCUT2D eigenvalue weighted by atomic mass is 9.84. The number of fused-ring (bicyclic) bond motifs is 3. The lowest BCUT2D eigenvalue weighted by Gasteiger charge is -2.41. The fraction of sp³-hybridized carbons (Fsp3) is 0.471. The second-order valence-corrected chi connectivity index (χ2v) is 6.95. The Morgan fingerprint density at radius 3 is 2.32 bits per heavy atom. The van der Waals surface area contributed by atoms with Gasteiger partial charge in [0, 0.05) is 19.0 Å². The highest BCUT2D eigenvalue weighted by molar-refractivity contribution is 6.37. The minimum atomic E-state index is 0.000901. The van der Waals surface area contributed by atoms with Crippen LogP contribution in [-0.4, -0.2) is 29.9 Å². The molecule has 3 aliphatic heterocycles. The van der Waals surface area contributed by atoms with Crippen LogP contribution in [-0.2, 0) is 4.79 Å². The highest BCUT2D eigenvalue weighted by Crippen LogP contribution is 2.37. The van der Waals surface area contributed by atoms with Gasteiger partial charge in [0.15, 0.2) is 11.5 Å². The van der Waals surface area contributed by atoms with Crippen LogP contribution in [0.15, 0.2) is 17.8 Å². The van der Waals surface area contributed by atoms with E-state index in [9.17, 15) is 4.79 Å². The van der Waals surface area contributed by atoms with Crippen LogP contribution in [0.3, 0.4) is 0 Å². The molecule has 0 aliphatic carbocycles. The molecular weight excluding hydrogens is 321 g/mol. The van der Waals surface area contributed by atoms with E-state index in [0.717, 1.165) is 37.2 Å². The highest BCUT2D eigenvalue weighted by Gasteiger charge is 2.36. The van der Waals surface area contributed by atoms with Crippen molar-refractivity contribution in [1.82, 2.24) is 4.90 Å². The zero-order chi connectivity index (χ0) is 15.9. The summed E-state index contributed by atoms with van der Waals surface area (Å²) in [5.74, 6) is 0.926. The number of Topliss-reactive ketones (excluding diaryl/α,β-unsaturated/α-hetero) is 1. The molecule has 3 saturated heterocycles. The molecule has 0 N–H and O–H groups in total. The molecule has 22 heavy (non-hydrogen) atoms. The topological polar surface area (TPSA) is 29.5 Å². The zero-order valence-electron chi connectivity index (χ0n) is 12.7. The van der Waals surface area contributed by atoms with E-state index in [4.69, 9.17) is 27.9 Å². The quantitative estimate of drug-likeness (QED) is 0.763. The molecule has 1 aromatic rings. The van der Waals surface area contributed by atoms with E-state index in [-0.39, 0.29) is 17.8 Å². The lowest BCUT2D eigenvalue weighted by molar-refractivity contribution is -0.125. The molecule has 0 radical (unpaired) electrons. The SMILES string of the molecule is CC(C)Oc1c(Cl)cc(/C=C2/C(=O)C3CCN2CC3)cc1Cl. The monoisotopic (exact) mass is 339 g/mol. The van der Waals surface area contributed by atoms with Gasteiger partial charge < -0.3 is 9.64 Å². The van der Waals surface area contributed by atoms with E-state index in [1.165, 1.54) is 0 Å². The van der Waals surface area contributed by atoms with E-state index < -0.39 is 0 Å². The van der Waals surface area contributed by atoms with Crippen molar-refractivity contribution in [1.29, 1.82) is 0 Å². The zero-order valence-corrected chi connectivity index (χ0v) is 14.2. The van der Waals surface area contributed by atoms with Gasteiger partial charge in [-0.15, -0.1) is 0 Å². The van der Waals surface area contributed by atoms with Gasteiger partial charge in [0.05, 0.1) is 21.8 Å². The molecule has 5 heteroatoms. The Morgan fingerprint density at radius 2 is 1.82 bits per heavy atom. The van der Waals surface area contributed by atoms with Crippen molar-refractivity contribution in [3.05, 3.63) is 33.4 Å². The number of ketones is 1. The minimum Gasteiger partial charge on any atom is -0.488 e. The number of benzene rings is 1. The summed E-state index contributed by atoms with van der Waals surface area (Å²) in [6, 6.07) is 3.60. The molecule has 3 nitrogen and oxygen atoms in total. The molecule has 0 aromatic heterocycles. The maximum absolute atomic E-state index is 12.4. The summed E-state index contributed by atoms with van der Waals surface area (Å²) in [5.41, 5.74) is 1.62. The highest BCUT2D eigenvalue weighted by atomic mass is 35.5. The molecule has 4 rings (SSSR count). The third-order valence-corrected chi connectivity index (χ3v) is 4.70. The second kappa shape index (κ2) is 6.13. The summed E-state index contributed by atoms with van der Waals surface area (Å²) >= 11 is 12.5. The molecule has 118 valence electrons. The molecule has 1 aromatic carbocycles. The van der Waals surface area contributed by atoms with Crippen LogP contribution in [0.2, 0.25) is 10.0 Å². The van der Waals surface area contributed by atoms with Crippen molar-refractivity contribution in [2.75, 3.05) is 13.1 Å². The van der Waals surface area contributed by atoms with Gasteiger partial charge in [0.2, 0.25) is 0 Å². The smallest absolute Gasteiger partial charge is 0.182 e. The average molecular weight is 340 g/mol. The summed E-state index contributed by atoms with van der Waals surface area (Å²) in [4.78, 5) is 14.5. The van der Waals surface area contributed by atoms with Gasteiger partial charge in [-0.2, -0.15) is 0 Å². The molecule has 0 spiro atoms. The fourth-order valence-corrected chi connectivity index (χ4v) is 3.67. The summed E-state index contributed by atoms with van der Waals surface area (Å²) in [5, 5.41) is 0.938. The molecule has 0 unspecified atom stereocenters. The third kappa shape index (κ3) is 2.97. The Balaban J connectivity index is 1.93. The van der Waals surface area contributed by atoms with E-state index in [2.05, 4.69) is 4.90 Å². The Kier molecular flexibility index (Phi) is 4.37. The normalized spacial score (nSPS) is 20.3. The van der Waals surface area contributed by atoms with Crippen molar-refractivity contribution in [2.45, 2.75) is 32.8 Å². The molecular formula is C17H19Cl2NO2. The Hall–Kier alpha value is -1.19. The van der Waals surface area contributed by atoms with Crippen LogP contribution in [0.1, 0.15) is 32.3 Å². The van der Waals surface area contributed by atoms with Crippen LogP contribution in [0.5, 0.6) is 5.75 Å². The van der Waals surface area contributed by atoms with Gasteiger partial charge in [-0.3, -0.25) is 4.79 Å². The fourth-order valence-electron chi connectivity index (χ4n) is 3.08. The maximum atomic E-state index is 12.4. The lowest BCUT2D eigenvalue weighted by Crippen LogP contribution is -2.45. The molecule has 2 bridgehead atoms. The number of hydrogen-bond acceptors (Lipinski definition) is 3. The third-order valence-electron chi connectivity index (χ3n) is 4.14. The predicted molar refractivity (Wildman–Crippen MR) is 89.5 cm³/mol. The van der Waals surface area contributed by atoms with Gasteiger partial charge >= 0.3 is 0 Å². The standard InChI is InChI=1S/C17H19Cl2NO2/c1-10(2)22-17-13(18)7-11(8-14(17)19)9-15-16(21)12-3-5-20(15)6-4-12/h7-10,12H,3-6H2,1-2H3/b15-9-. The van der Waals surface area contributed by atoms with Crippen molar-refractivity contribution >= 4 is 35.1 Å². The van der Waals surface area contributed by atoms with E-state index in [1.807, 2.05) is 19.9 Å². The summed E-state index contributed by atoms with van der Waals surface area (Å²) in [7, 11) is 0. The van der Waals surface area contributed by atoms with E-state index in [0.29, 0.717) is 15.8 Å². The van der Waals surface area contributed by atoms with Crippen molar-refractivity contribution in [3.8, 4) is 5.75 Å². The number of ether oxygens (including phenoxy) is 1. The number of carbonyl (C=O) groups is 1. The Labute approximate surface area is 140 Å². The largest absolute Gasteiger partial charge is 0.488 e. The average Bonchev–Trinajstić information content (AvgIpc) is 2.47. The first-order valence-electron chi connectivity index (χ1n) is 7.62. The Bertz CT molecular complexity index is 609. The van der Waals surface area contributed by atoms with Gasteiger partial charge in [0.1, 0.15) is 0 Å².